The molecule has 1 aliphatic rings. The Bertz CT molecular complexity index is 1400. The molecule has 0 unspecified atom stereocenters. The Kier molecular flexibility index (Phi) is 9.26. The summed E-state index contributed by atoms with van der Waals surface area (Å²) < 4.78 is 61.8. The normalized spacial score (nSPS) is 14.8. The molecule has 1 saturated heterocycles. The van der Waals surface area contributed by atoms with Gasteiger partial charge in [0, 0.05) is 50.2 Å². The summed E-state index contributed by atoms with van der Waals surface area (Å²) in [5, 5.41) is 2.47. The Morgan fingerprint density at radius 3 is 2.33 bits per heavy atom. The van der Waals surface area contributed by atoms with Crippen LogP contribution in [-0.2, 0) is 23.9 Å². The van der Waals surface area contributed by atoms with Crippen molar-refractivity contribution in [3.63, 3.8) is 0 Å². The van der Waals surface area contributed by atoms with E-state index in [1.54, 1.807) is 13.0 Å². The lowest BCUT2D eigenvalue weighted by Gasteiger charge is -2.34. The fourth-order valence-corrected chi connectivity index (χ4v) is 4.70. The number of halogens is 4. The highest BCUT2D eigenvalue weighted by Crippen LogP contribution is 2.35. The average molecular weight is 561 g/mol. The van der Waals surface area contributed by atoms with Crippen LogP contribution >= 0.6 is 0 Å². The van der Waals surface area contributed by atoms with Crippen LogP contribution in [0.4, 0.5) is 23.2 Å². The molecule has 3 aromatic rings. The highest BCUT2D eigenvalue weighted by molar-refractivity contribution is 5.92. The third-order valence-corrected chi connectivity index (χ3v) is 6.91. The van der Waals surface area contributed by atoms with Crippen LogP contribution in [0.2, 0.25) is 0 Å². The molecule has 2 N–H and O–H groups in total. The number of pyridine rings is 1. The number of carbonyl (C=O) groups is 1. The number of hydrogen-bond donors (Lipinski definition) is 2. The molecule has 0 spiro atoms. The van der Waals surface area contributed by atoms with Gasteiger partial charge >= 0.3 is 6.18 Å². The first-order valence-electron chi connectivity index (χ1n) is 13.2. The number of hydrogen-bond acceptors (Lipinski definition) is 5. The molecule has 214 valence electrons. The zero-order chi connectivity index (χ0) is 28.9. The largest absolute Gasteiger partial charge is 0.488 e. The predicted molar refractivity (Wildman–Crippen MR) is 145 cm³/mol. The lowest BCUT2D eigenvalue weighted by atomic mass is 10.0. The van der Waals surface area contributed by atoms with Crippen molar-refractivity contribution in [1.82, 2.24) is 14.8 Å². The molecule has 1 amide bonds. The molecule has 0 atom stereocenters. The van der Waals surface area contributed by atoms with E-state index in [0.717, 1.165) is 25.7 Å². The van der Waals surface area contributed by atoms with Gasteiger partial charge in [-0.25, -0.2) is 4.39 Å². The minimum Gasteiger partial charge on any atom is -0.488 e. The molecule has 7 nitrogen and oxygen atoms in total. The maximum absolute atomic E-state index is 14.9. The summed E-state index contributed by atoms with van der Waals surface area (Å²) in [4.78, 5) is 31.2. The number of benzene rings is 2. The molecular formula is C29H32F4N4O3. The van der Waals surface area contributed by atoms with Gasteiger partial charge in [0.25, 0.3) is 5.56 Å². The second kappa shape index (κ2) is 12.6. The molecule has 1 aromatic heterocycles. The van der Waals surface area contributed by atoms with Crippen LogP contribution in [0.1, 0.15) is 30.5 Å². The molecule has 11 heteroatoms. The average Bonchev–Trinajstić information content (AvgIpc) is 2.92. The van der Waals surface area contributed by atoms with E-state index in [4.69, 9.17) is 4.74 Å². The number of ether oxygens (including phenoxy) is 1. The Morgan fingerprint density at radius 1 is 0.975 bits per heavy atom. The van der Waals surface area contributed by atoms with Crippen LogP contribution in [0.3, 0.4) is 0 Å². The second-order valence-corrected chi connectivity index (χ2v) is 9.63. The summed E-state index contributed by atoms with van der Waals surface area (Å²) in [6.07, 6.45) is -3.53. The van der Waals surface area contributed by atoms with Crippen LogP contribution in [0.15, 0.2) is 53.5 Å². The Morgan fingerprint density at radius 2 is 1.68 bits per heavy atom. The fourth-order valence-electron chi connectivity index (χ4n) is 4.70. The fraction of sp³-hybridized carbons (Fsp3) is 0.379. The van der Waals surface area contributed by atoms with Crippen molar-refractivity contribution in [3.8, 4) is 16.9 Å². The molecule has 0 saturated carbocycles. The van der Waals surface area contributed by atoms with Gasteiger partial charge in [-0.15, -0.1) is 0 Å². The highest BCUT2D eigenvalue weighted by atomic mass is 19.4. The topological polar surface area (TPSA) is 77.7 Å². The van der Waals surface area contributed by atoms with Crippen molar-refractivity contribution in [1.29, 1.82) is 0 Å². The smallest absolute Gasteiger partial charge is 0.416 e. The first kappa shape index (κ1) is 29.3. The molecule has 2 heterocycles. The van der Waals surface area contributed by atoms with E-state index in [2.05, 4.69) is 22.1 Å². The molecule has 2 aromatic carbocycles. The molecule has 0 radical (unpaired) electrons. The summed E-state index contributed by atoms with van der Waals surface area (Å²) in [6.45, 7) is 8.15. The molecule has 1 fully saturated rings. The Balaban J connectivity index is 1.44. The molecular weight excluding hydrogens is 528 g/mol. The van der Waals surface area contributed by atoms with Gasteiger partial charge in [-0.1, -0.05) is 25.1 Å². The summed E-state index contributed by atoms with van der Waals surface area (Å²) in [5.74, 6) is -1.20. The van der Waals surface area contributed by atoms with Crippen LogP contribution in [-0.4, -0.2) is 60.0 Å². The summed E-state index contributed by atoms with van der Waals surface area (Å²) in [5.41, 5.74) is -0.0145. The number of alkyl halides is 3. The number of aromatic amines is 1. The first-order chi connectivity index (χ1) is 19.1. The lowest BCUT2D eigenvalue weighted by molar-refractivity contribution is -0.138. The SMILES string of the molecule is CCOc1cc(-c2ccc(CC(=O)Nc3ccc(CN4CCN(CC)CC4)c(C(F)(F)F)c3)c(F)c2)c[nH]c1=O. The van der Waals surface area contributed by atoms with Crippen LogP contribution < -0.4 is 15.6 Å². The minimum absolute atomic E-state index is 0.00870. The van der Waals surface area contributed by atoms with Gasteiger partial charge in [0.2, 0.25) is 5.91 Å². The zero-order valence-corrected chi connectivity index (χ0v) is 22.4. The van der Waals surface area contributed by atoms with E-state index in [9.17, 15) is 27.2 Å². The number of rotatable bonds is 9. The van der Waals surface area contributed by atoms with Gasteiger partial charge in [-0.2, -0.15) is 13.2 Å². The number of nitrogens with zero attached hydrogens (tertiary/aromatic N) is 2. The summed E-state index contributed by atoms with van der Waals surface area (Å²) >= 11 is 0. The number of amides is 1. The Labute approximate surface area is 229 Å². The number of carbonyl (C=O) groups excluding carboxylic acids is 1. The van der Waals surface area contributed by atoms with Crippen molar-refractivity contribution in [3.05, 3.63) is 81.5 Å². The van der Waals surface area contributed by atoms with Gasteiger partial charge in [-0.3, -0.25) is 14.5 Å². The number of H-pyrrole nitrogens is 1. The van der Waals surface area contributed by atoms with Crippen molar-refractivity contribution in [2.75, 3.05) is 44.6 Å². The number of likely N-dealkylation sites (N-methyl/N-ethyl adjacent to an activating group) is 1. The number of anilines is 1. The van der Waals surface area contributed by atoms with Gasteiger partial charge in [0.05, 0.1) is 18.6 Å². The third-order valence-electron chi connectivity index (χ3n) is 6.91. The molecule has 1 aliphatic heterocycles. The van der Waals surface area contributed by atoms with Crippen molar-refractivity contribution in [2.45, 2.75) is 33.0 Å². The molecule has 0 bridgehead atoms. The van der Waals surface area contributed by atoms with Gasteiger partial charge in [0.1, 0.15) is 5.82 Å². The monoisotopic (exact) mass is 560 g/mol. The van der Waals surface area contributed by atoms with E-state index >= 15 is 0 Å². The Hall–Kier alpha value is -3.70. The van der Waals surface area contributed by atoms with E-state index in [1.807, 2.05) is 4.90 Å². The molecule has 40 heavy (non-hydrogen) atoms. The minimum atomic E-state index is -4.59. The zero-order valence-electron chi connectivity index (χ0n) is 22.4. The van der Waals surface area contributed by atoms with Crippen molar-refractivity contribution >= 4 is 11.6 Å². The van der Waals surface area contributed by atoms with Crippen LogP contribution in [0, 0.1) is 5.82 Å². The van der Waals surface area contributed by atoms with Crippen LogP contribution in [0.5, 0.6) is 5.75 Å². The first-order valence-corrected chi connectivity index (χ1v) is 13.2. The quantitative estimate of drug-likeness (QED) is 0.364. The van der Waals surface area contributed by atoms with E-state index < -0.39 is 29.0 Å². The maximum atomic E-state index is 14.9. The highest BCUT2D eigenvalue weighted by Gasteiger charge is 2.34. The number of nitrogens with one attached hydrogen (secondary N) is 2. The van der Waals surface area contributed by atoms with E-state index in [-0.39, 0.29) is 35.5 Å². The molecule has 0 aliphatic carbocycles. The summed E-state index contributed by atoms with van der Waals surface area (Å²) in [7, 11) is 0. The van der Waals surface area contributed by atoms with Gasteiger partial charge in [0.15, 0.2) is 5.75 Å². The second-order valence-electron chi connectivity index (χ2n) is 9.63. The molecule has 4 rings (SSSR count). The van der Waals surface area contributed by atoms with Gasteiger partial charge < -0.3 is 19.9 Å². The maximum Gasteiger partial charge on any atom is 0.416 e. The van der Waals surface area contributed by atoms with Gasteiger partial charge in [-0.05, 0) is 54.4 Å². The lowest BCUT2D eigenvalue weighted by Crippen LogP contribution is -2.45. The predicted octanol–water partition coefficient (Wildman–Crippen LogP) is 4.92. The summed E-state index contributed by atoms with van der Waals surface area (Å²) in [6, 6.07) is 9.50. The standard InChI is InChI=1S/C29H32F4N4O3/c1-3-36-9-11-37(12-10-36)18-21-7-8-23(16-24(21)29(31,32)33)35-27(38)15-20-6-5-19(13-25(20)30)22-14-26(40-4-2)28(39)34-17-22/h5-8,13-14,16-17H,3-4,9-12,15,18H2,1-2H3,(H,34,39)(H,35,38). The van der Waals surface area contributed by atoms with E-state index in [0.29, 0.717) is 30.8 Å². The number of aromatic nitrogens is 1. The van der Waals surface area contributed by atoms with Crippen molar-refractivity contribution < 1.29 is 27.1 Å². The van der Waals surface area contributed by atoms with Crippen LogP contribution in [0.25, 0.3) is 11.1 Å². The number of piperazine rings is 1. The third kappa shape index (κ3) is 7.28. The van der Waals surface area contributed by atoms with Crippen molar-refractivity contribution in [2.24, 2.45) is 0 Å². The van der Waals surface area contributed by atoms with E-state index in [1.165, 1.54) is 36.5 Å².